The number of aliphatic hydroxyl groups excluding tert-OH is 1. The molecule has 1 aromatic heterocycles. The van der Waals surface area contributed by atoms with Crippen molar-refractivity contribution in [3.05, 3.63) is 64.4 Å². The second kappa shape index (κ2) is 7.64. The van der Waals surface area contributed by atoms with Crippen molar-refractivity contribution in [3.63, 3.8) is 0 Å². The van der Waals surface area contributed by atoms with Crippen LogP contribution in [0.2, 0.25) is 0 Å². The summed E-state index contributed by atoms with van der Waals surface area (Å²) < 4.78 is 45.3. The summed E-state index contributed by atoms with van der Waals surface area (Å²) in [5.41, 5.74) is -2.95. The SMILES string of the molecule is CC(O)(CO)C1CN(c2ccc3cc(-c4ccccc4C(F)(F)F)[nH]c(=O)c3c2)C(=O)O1. The summed E-state index contributed by atoms with van der Waals surface area (Å²) in [5, 5.41) is 20.0. The third-order valence-electron chi connectivity index (χ3n) is 5.49. The molecule has 4 rings (SSSR count). The van der Waals surface area contributed by atoms with Crippen molar-refractivity contribution in [3.8, 4) is 11.3 Å². The minimum atomic E-state index is -4.59. The van der Waals surface area contributed by atoms with E-state index in [9.17, 15) is 33.0 Å². The minimum absolute atomic E-state index is 0.0165. The van der Waals surface area contributed by atoms with E-state index in [4.69, 9.17) is 4.74 Å². The van der Waals surface area contributed by atoms with E-state index in [1.807, 2.05) is 0 Å². The molecule has 2 aromatic carbocycles. The van der Waals surface area contributed by atoms with Gasteiger partial charge in [-0.15, -0.1) is 0 Å². The Hall–Kier alpha value is -3.37. The number of hydrogen-bond acceptors (Lipinski definition) is 5. The summed E-state index contributed by atoms with van der Waals surface area (Å²) >= 11 is 0. The van der Waals surface area contributed by atoms with Gasteiger partial charge in [-0.05, 0) is 36.6 Å². The molecule has 0 aliphatic carbocycles. The Balaban J connectivity index is 1.74. The number of pyridine rings is 1. The lowest BCUT2D eigenvalue weighted by atomic mass is 10.00. The molecule has 0 radical (unpaired) electrons. The minimum Gasteiger partial charge on any atom is -0.441 e. The molecule has 2 heterocycles. The Kier molecular flexibility index (Phi) is 5.22. The number of anilines is 1. The Morgan fingerprint density at radius 3 is 2.56 bits per heavy atom. The molecule has 3 aromatic rings. The number of nitrogens with one attached hydrogen (secondary N) is 1. The van der Waals surface area contributed by atoms with E-state index in [1.165, 1.54) is 54.3 Å². The van der Waals surface area contributed by atoms with E-state index < -0.39 is 41.7 Å². The van der Waals surface area contributed by atoms with Crippen LogP contribution in [0.15, 0.2) is 53.3 Å². The van der Waals surface area contributed by atoms with Gasteiger partial charge in [-0.3, -0.25) is 9.69 Å². The molecule has 1 aliphatic rings. The summed E-state index contributed by atoms with van der Waals surface area (Å²) in [6.07, 6.45) is -6.32. The second-order valence-corrected chi connectivity index (χ2v) is 7.83. The first kappa shape index (κ1) is 21.8. The third-order valence-corrected chi connectivity index (χ3v) is 5.49. The van der Waals surface area contributed by atoms with Gasteiger partial charge in [-0.2, -0.15) is 13.2 Å². The number of aromatic amines is 1. The van der Waals surface area contributed by atoms with Gasteiger partial charge < -0.3 is 19.9 Å². The molecule has 0 bridgehead atoms. The highest BCUT2D eigenvalue weighted by Crippen LogP contribution is 2.37. The number of cyclic esters (lactones) is 1. The van der Waals surface area contributed by atoms with Crippen LogP contribution in [0, 0.1) is 0 Å². The number of alkyl halides is 3. The molecule has 7 nitrogen and oxygen atoms in total. The zero-order chi connectivity index (χ0) is 23.3. The molecule has 1 fully saturated rings. The number of fused-ring (bicyclic) bond motifs is 1. The van der Waals surface area contributed by atoms with Crippen molar-refractivity contribution < 1.29 is 32.9 Å². The Morgan fingerprint density at radius 1 is 1.16 bits per heavy atom. The molecule has 0 saturated carbocycles. The van der Waals surface area contributed by atoms with Crippen molar-refractivity contribution in [2.24, 2.45) is 0 Å². The maximum absolute atomic E-state index is 13.4. The van der Waals surface area contributed by atoms with Crippen LogP contribution >= 0.6 is 0 Å². The van der Waals surface area contributed by atoms with Crippen LogP contribution in [0.5, 0.6) is 0 Å². The highest BCUT2D eigenvalue weighted by atomic mass is 19.4. The van der Waals surface area contributed by atoms with Crippen LogP contribution in [0.1, 0.15) is 12.5 Å². The van der Waals surface area contributed by atoms with Gasteiger partial charge in [0, 0.05) is 22.3 Å². The lowest BCUT2D eigenvalue weighted by molar-refractivity contribution is -0.137. The van der Waals surface area contributed by atoms with E-state index in [2.05, 4.69) is 4.98 Å². The van der Waals surface area contributed by atoms with Crippen molar-refractivity contribution in [2.45, 2.75) is 24.8 Å². The van der Waals surface area contributed by atoms with E-state index in [0.717, 1.165) is 6.07 Å². The van der Waals surface area contributed by atoms with E-state index in [1.54, 1.807) is 0 Å². The molecule has 0 spiro atoms. The van der Waals surface area contributed by atoms with Crippen LogP contribution in [0.4, 0.5) is 23.7 Å². The van der Waals surface area contributed by atoms with E-state index in [0.29, 0.717) is 11.1 Å². The Labute approximate surface area is 179 Å². The summed E-state index contributed by atoms with van der Waals surface area (Å²) in [5.74, 6) is 0. The van der Waals surface area contributed by atoms with Crippen molar-refractivity contribution >= 4 is 22.6 Å². The topological polar surface area (TPSA) is 103 Å². The Bertz CT molecular complexity index is 1250. The number of rotatable bonds is 4. The average Bonchev–Trinajstić information content (AvgIpc) is 3.15. The molecule has 1 amide bonds. The van der Waals surface area contributed by atoms with Gasteiger partial charge in [0.2, 0.25) is 0 Å². The number of halogens is 3. The average molecular weight is 448 g/mol. The fourth-order valence-electron chi connectivity index (χ4n) is 3.63. The van der Waals surface area contributed by atoms with Gasteiger partial charge in [0.1, 0.15) is 5.60 Å². The van der Waals surface area contributed by atoms with Crippen molar-refractivity contribution in [1.29, 1.82) is 0 Å². The molecule has 2 atom stereocenters. The highest BCUT2D eigenvalue weighted by Gasteiger charge is 2.43. The molecular weight excluding hydrogens is 429 g/mol. The van der Waals surface area contributed by atoms with Crippen molar-refractivity contribution in [1.82, 2.24) is 4.98 Å². The smallest absolute Gasteiger partial charge is 0.417 e. The van der Waals surface area contributed by atoms with Gasteiger partial charge in [0.05, 0.1) is 18.7 Å². The number of carbonyl (C=O) groups is 1. The number of carbonyl (C=O) groups excluding carboxylic acids is 1. The van der Waals surface area contributed by atoms with Crippen molar-refractivity contribution in [2.75, 3.05) is 18.1 Å². The van der Waals surface area contributed by atoms with Crippen LogP contribution in [-0.2, 0) is 10.9 Å². The predicted octanol–water partition coefficient (Wildman–Crippen LogP) is 3.28. The van der Waals surface area contributed by atoms with Gasteiger partial charge in [0.25, 0.3) is 5.56 Å². The molecule has 10 heteroatoms. The maximum Gasteiger partial charge on any atom is 0.417 e. The highest BCUT2D eigenvalue weighted by molar-refractivity contribution is 5.95. The third kappa shape index (κ3) is 3.82. The number of aromatic nitrogens is 1. The zero-order valence-electron chi connectivity index (χ0n) is 16.8. The van der Waals surface area contributed by atoms with E-state index in [-0.39, 0.29) is 23.2 Å². The first-order valence-corrected chi connectivity index (χ1v) is 9.66. The monoisotopic (exact) mass is 448 g/mol. The summed E-state index contributed by atoms with van der Waals surface area (Å²) in [4.78, 5) is 28.7. The number of hydrogen-bond donors (Lipinski definition) is 3. The van der Waals surface area contributed by atoms with Gasteiger partial charge >= 0.3 is 12.3 Å². The fraction of sp³-hybridized carbons (Fsp3) is 0.273. The zero-order valence-corrected chi connectivity index (χ0v) is 16.8. The molecule has 32 heavy (non-hydrogen) atoms. The second-order valence-electron chi connectivity index (χ2n) is 7.83. The summed E-state index contributed by atoms with van der Waals surface area (Å²) in [6.45, 7) is 0.672. The van der Waals surface area contributed by atoms with Gasteiger partial charge in [-0.1, -0.05) is 24.3 Å². The van der Waals surface area contributed by atoms with Crippen LogP contribution in [-0.4, -0.2) is 46.1 Å². The molecule has 2 unspecified atom stereocenters. The quantitative estimate of drug-likeness (QED) is 0.569. The van der Waals surface area contributed by atoms with Gasteiger partial charge in [0.15, 0.2) is 6.10 Å². The molecule has 1 saturated heterocycles. The van der Waals surface area contributed by atoms with Crippen LogP contribution in [0.25, 0.3) is 22.0 Å². The molecule has 168 valence electrons. The van der Waals surface area contributed by atoms with Crippen LogP contribution < -0.4 is 10.5 Å². The number of benzene rings is 2. The largest absolute Gasteiger partial charge is 0.441 e. The molecule has 1 aliphatic heterocycles. The van der Waals surface area contributed by atoms with Gasteiger partial charge in [-0.25, -0.2) is 4.79 Å². The lowest BCUT2D eigenvalue weighted by Crippen LogP contribution is -2.45. The number of nitrogens with zero attached hydrogens (tertiary/aromatic N) is 1. The lowest BCUT2D eigenvalue weighted by Gasteiger charge is -2.25. The number of amides is 1. The normalized spacial score (nSPS) is 18.6. The molecular formula is C22H19F3N2O5. The molecule has 3 N–H and O–H groups in total. The number of ether oxygens (including phenoxy) is 1. The summed E-state index contributed by atoms with van der Waals surface area (Å²) in [7, 11) is 0. The van der Waals surface area contributed by atoms with Crippen LogP contribution in [0.3, 0.4) is 0 Å². The number of H-pyrrole nitrogens is 1. The number of aliphatic hydroxyl groups is 2. The first-order chi connectivity index (χ1) is 15.0. The first-order valence-electron chi connectivity index (χ1n) is 9.66. The fourth-order valence-corrected chi connectivity index (χ4v) is 3.63. The Morgan fingerprint density at radius 2 is 1.88 bits per heavy atom. The van der Waals surface area contributed by atoms with E-state index >= 15 is 0 Å². The summed E-state index contributed by atoms with van der Waals surface area (Å²) in [6, 6.07) is 10.8. The predicted molar refractivity (Wildman–Crippen MR) is 110 cm³/mol. The standard InChI is InChI=1S/C22H19F3N2O5/c1-21(31,11-28)18-10-27(20(30)32-18)13-7-6-12-8-17(26-19(29)15(12)9-13)14-4-2-3-5-16(14)22(23,24)25/h2-9,18,28,31H,10-11H2,1H3,(H,26,29). The maximum atomic E-state index is 13.4.